The van der Waals surface area contributed by atoms with Crippen LogP contribution in [0.3, 0.4) is 0 Å². The fourth-order valence-corrected chi connectivity index (χ4v) is 2.00. The van der Waals surface area contributed by atoms with Gasteiger partial charge in [0.25, 0.3) is 0 Å². The van der Waals surface area contributed by atoms with Gasteiger partial charge in [0.2, 0.25) is 0 Å². The fourth-order valence-electron chi connectivity index (χ4n) is 1.60. The number of benzene rings is 1. The molecule has 0 aliphatic rings. The lowest BCUT2D eigenvalue weighted by molar-refractivity contribution is 0.277. The molecular weight excluding hydrogens is 259 g/mol. The monoisotopic (exact) mass is 268 g/mol. The first-order valence-corrected chi connectivity index (χ1v) is 5.69. The van der Waals surface area contributed by atoms with Crippen LogP contribution >= 0.6 is 23.2 Å². The summed E-state index contributed by atoms with van der Waals surface area (Å²) in [5.41, 5.74) is 7.51. The van der Waals surface area contributed by atoms with Gasteiger partial charge in [-0.15, -0.1) is 0 Å². The van der Waals surface area contributed by atoms with E-state index in [1.807, 2.05) is 6.07 Å². The molecule has 0 unspecified atom stereocenters. The fraction of sp³-hybridized carbons (Fsp3) is 0.0833. The summed E-state index contributed by atoms with van der Waals surface area (Å²) >= 11 is 12.1. The molecule has 17 heavy (non-hydrogen) atoms. The molecule has 0 spiro atoms. The van der Waals surface area contributed by atoms with E-state index in [0.29, 0.717) is 21.6 Å². The number of aliphatic hydroxyl groups excluding tert-OH is 1. The molecule has 3 N–H and O–H groups in total. The Morgan fingerprint density at radius 3 is 2.59 bits per heavy atom. The number of hydrogen-bond donors (Lipinski definition) is 2. The summed E-state index contributed by atoms with van der Waals surface area (Å²) in [5.74, 6) is 0.357. The number of nitrogens with zero attached hydrogens (tertiary/aromatic N) is 1. The number of aromatic nitrogens is 1. The second kappa shape index (κ2) is 4.92. The van der Waals surface area contributed by atoms with Gasteiger partial charge in [-0.2, -0.15) is 0 Å². The number of aliphatic hydroxyl groups is 1. The normalized spacial score (nSPS) is 10.5. The highest BCUT2D eigenvalue weighted by molar-refractivity contribution is 6.43. The molecule has 0 amide bonds. The molecular formula is C12H10Cl2N2O. The predicted octanol–water partition coefficient (Wildman–Crippen LogP) is 3.13. The molecule has 2 rings (SSSR count). The topological polar surface area (TPSA) is 59.1 Å². The van der Waals surface area contributed by atoms with Crippen LogP contribution in [0.15, 0.2) is 30.3 Å². The molecule has 1 aromatic carbocycles. The Morgan fingerprint density at radius 1 is 1.12 bits per heavy atom. The Labute approximate surface area is 109 Å². The lowest BCUT2D eigenvalue weighted by Gasteiger charge is -2.10. The third kappa shape index (κ3) is 2.36. The van der Waals surface area contributed by atoms with Crippen LogP contribution in [0.25, 0.3) is 11.1 Å². The standard InChI is InChI=1S/C12H10Cl2N2O/c13-9-3-1-2-8(12(9)14)7-4-5-11(15)16-10(7)6-17/h1-5,17H,6H2,(H2,15,16). The van der Waals surface area contributed by atoms with Crippen LogP contribution in [0.5, 0.6) is 0 Å². The van der Waals surface area contributed by atoms with Crippen molar-refractivity contribution in [1.82, 2.24) is 4.98 Å². The van der Waals surface area contributed by atoms with Gasteiger partial charge in [-0.1, -0.05) is 35.3 Å². The van der Waals surface area contributed by atoms with Crippen molar-refractivity contribution in [3.63, 3.8) is 0 Å². The van der Waals surface area contributed by atoms with Crippen LogP contribution in [0.1, 0.15) is 5.69 Å². The minimum Gasteiger partial charge on any atom is -0.390 e. The van der Waals surface area contributed by atoms with Crippen LogP contribution in [0.4, 0.5) is 5.82 Å². The second-order valence-electron chi connectivity index (χ2n) is 3.49. The molecule has 0 atom stereocenters. The van der Waals surface area contributed by atoms with Gasteiger partial charge < -0.3 is 10.8 Å². The van der Waals surface area contributed by atoms with Crippen molar-refractivity contribution in [2.24, 2.45) is 0 Å². The Balaban J connectivity index is 2.64. The van der Waals surface area contributed by atoms with Crippen LogP contribution in [-0.2, 0) is 6.61 Å². The summed E-state index contributed by atoms with van der Waals surface area (Å²) in [5, 5.41) is 10.2. The highest BCUT2D eigenvalue weighted by Gasteiger charge is 2.11. The van der Waals surface area contributed by atoms with Gasteiger partial charge in [0.15, 0.2) is 0 Å². The number of nitrogens with two attached hydrogens (primary N) is 1. The van der Waals surface area contributed by atoms with E-state index in [1.165, 1.54) is 0 Å². The third-order valence-corrected chi connectivity index (χ3v) is 3.21. The number of anilines is 1. The third-order valence-electron chi connectivity index (χ3n) is 2.39. The summed E-state index contributed by atoms with van der Waals surface area (Å²) in [4.78, 5) is 4.06. The van der Waals surface area contributed by atoms with Gasteiger partial charge in [0, 0.05) is 11.1 Å². The van der Waals surface area contributed by atoms with E-state index < -0.39 is 0 Å². The van der Waals surface area contributed by atoms with Crippen molar-refractivity contribution in [2.45, 2.75) is 6.61 Å². The van der Waals surface area contributed by atoms with Crippen LogP contribution in [-0.4, -0.2) is 10.1 Å². The highest BCUT2D eigenvalue weighted by atomic mass is 35.5. The van der Waals surface area contributed by atoms with Gasteiger partial charge >= 0.3 is 0 Å². The van der Waals surface area contributed by atoms with Crippen molar-refractivity contribution in [1.29, 1.82) is 0 Å². The zero-order valence-corrected chi connectivity index (χ0v) is 10.3. The van der Waals surface area contributed by atoms with Gasteiger partial charge in [-0.25, -0.2) is 4.98 Å². The van der Waals surface area contributed by atoms with E-state index in [4.69, 9.17) is 28.9 Å². The average molecular weight is 269 g/mol. The molecule has 1 aromatic heterocycles. The number of hydrogen-bond acceptors (Lipinski definition) is 3. The zero-order chi connectivity index (χ0) is 12.4. The van der Waals surface area contributed by atoms with Crippen molar-refractivity contribution in [3.05, 3.63) is 46.1 Å². The Morgan fingerprint density at radius 2 is 1.88 bits per heavy atom. The number of nitrogen functional groups attached to an aromatic ring is 1. The van der Waals surface area contributed by atoms with Crippen LogP contribution < -0.4 is 5.73 Å². The van der Waals surface area contributed by atoms with Gasteiger partial charge in [0.05, 0.1) is 22.3 Å². The largest absolute Gasteiger partial charge is 0.390 e. The molecule has 5 heteroatoms. The molecule has 2 aromatic rings. The van der Waals surface area contributed by atoms with Crippen LogP contribution in [0.2, 0.25) is 10.0 Å². The molecule has 1 heterocycles. The summed E-state index contributed by atoms with van der Waals surface area (Å²) in [6.07, 6.45) is 0. The van der Waals surface area contributed by atoms with E-state index in [0.717, 1.165) is 11.1 Å². The van der Waals surface area contributed by atoms with Crippen LogP contribution in [0, 0.1) is 0 Å². The maximum Gasteiger partial charge on any atom is 0.123 e. The maximum atomic E-state index is 9.27. The molecule has 3 nitrogen and oxygen atoms in total. The van der Waals surface area contributed by atoms with Crippen molar-refractivity contribution in [3.8, 4) is 11.1 Å². The van der Waals surface area contributed by atoms with Crippen molar-refractivity contribution >= 4 is 29.0 Å². The first-order valence-electron chi connectivity index (χ1n) is 4.94. The van der Waals surface area contributed by atoms with E-state index in [-0.39, 0.29) is 6.61 Å². The molecule has 0 bridgehead atoms. The first-order chi connectivity index (χ1) is 8.13. The Bertz CT molecular complexity index is 558. The lowest BCUT2D eigenvalue weighted by Crippen LogP contribution is -1.98. The number of pyridine rings is 1. The zero-order valence-electron chi connectivity index (χ0n) is 8.82. The van der Waals surface area contributed by atoms with Crippen molar-refractivity contribution < 1.29 is 5.11 Å². The van der Waals surface area contributed by atoms with E-state index in [1.54, 1.807) is 24.3 Å². The van der Waals surface area contributed by atoms with Gasteiger partial charge in [-0.3, -0.25) is 0 Å². The second-order valence-corrected chi connectivity index (χ2v) is 4.28. The number of halogens is 2. The Hall–Kier alpha value is -1.29. The first kappa shape index (κ1) is 12.2. The molecule has 0 radical (unpaired) electrons. The quantitative estimate of drug-likeness (QED) is 0.880. The van der Waals surface area contributed by atoms with E-state index in [9.17, 15) is 5.11 Å². The molecule has 0 saturated carbocycles. The Kier molecular flexibility index (Phi) is 3.52. The number of rotatable bonds is 2. The predicted molar refractivity (Wildman–Crippen MR) is 70.0 cm³/mol. The molecule has 0 fully saturated rings. The van der Waals surface area contributed by atoms with E-state index in [2.05, 4.69) is 4.98 Å². The summed E-state index contributed by atoms with van der Waals surface area (Å²) in [6, 6.07) is 8.75. The van der Waals surface area contributed by atoms with E-state index >= 15 is 0 Å². The lowest BCUT2D eigenvalue weighted by atomic mass is 10.0. The summed E-state index contributed by atoms with van der Waals surface area (Å²) in [7, 11) is 0. The molecule has 0 saturated heterocycles. The maximum absolute atomic E-state index is 9.27. The SMILES string of the molecule is Nc1ccc(-c2cccc(Cl)c2Cl)c(CO)n1. The van der Waals surface area contributed by atoms with Gasteiger partial charge in [-0.05, 0) is 18.2 Å². The summed E-state index contributed by atoms with van der Waals surface area (Å²) in [6.45, 7) is -0.205. The molecule has 88 valence electrons. The molecule has 0 aliphatic carbocycles. The minimum absolute atomic E-state index is 0.205. The highest BCUT2D eigenvalue weighted by Crippen LogP contribution is 2.34. The smallest absolute Gasteiger partial charge is 0.123 e. The van der Waals surface area contributed by atoms with Crippen molar-refractivity contribution in [2.75, 3.05) is 5.73 Å². The summed E-state index contributed by atoms with van der Waals surface area (Å²) < 4.78 is 0. The van der Waals surface area contributed by atoms with Gasteiger partial charge in [0.1, 0.15) is 5.82 Å². The molecule has 0 aliphatic heterocycles. The minimum atomic E-state index is -0.205. The average Bonchev–Trinajstić information content (AvgIpc) is 2.33.